The minimum absolute atomic E-state index is 0.0739. The van der Waals surface area contributed by atoms with Crippen LogP contribution in [0, 0.1) is 0 Å². The summed E-state index contributed by atoms with van der Waals surface area (Å²) in [4.78, 5) is 14.4. The van der Waals surface area contributed by atoms with Crippen LogP contribution in [0.5, 0.6) is 0 Å². The van der Waals surface area contributed by atoms with Crippen molar-refractivity contribution in [3.8, 4) is 0 Å². The Morgan fingerprint density at radius 2 is 1.52 bits per heavy atom. The molecule has 2 aliphatic heterocycles. The standard InChI is InChI=1S/C16H22N2O4S/c19-16(17-10-12-22-13-11-17)14-4-6-15(7-5-14)23(20,21)18-8-2-1-3-9-18/h4-7H,1-3,8-13H2. The second-order valence-electron chi connectivity index (χ2n) is 5.89. The van der Waals surface area contributed by atoms with Gasteiger partial charge in [0.2, 0.25) is 10.0 Å². The Kier molecular flexibility index (Phi) is 4.99. The molecule has 0 unspecified atom stereocenters. The molecule has 0 spiro atoms. The fourth-order valence-electron chi connectivity index (χ4n) is 2.97. The largest absolute Gasteiger partial charge is 0.378 e. The molecule has 2 aliphatic rings. The molecule has 2 saturated heterocycles. The first kappa shape index (κ1) is 16.4. The van der Waals surface area contributed by atoms with E-state index in [1.807, 2.05) is 0 Å². The highest BCUT2D eigenvalue weighted by Crippen LogP contribution is 2.21. The third kappa shape index (κ3) is 3.57. The lowest BCUT2D eigenvalue weighted by Crippen LogP contribution is -2.40. The maximum atomic E-state index is 12.6. The number of hydrogen-bond donors (Lipinski definition) is 0. The maximum Gasteiger partial charge on any atom is 0.254 e. The van der Waals surface area contributed by atoms with Crippen LogP contribution in [0.1, 0.15) is 29.6 Å². The molecular formula is C16H22N2O4S. The van der Waals surface area contributed by atoms with Gasteiger partial charge in [-0.2, -0.15) is 4.31 Å². The molecule has 6 nitrogen and oxygen atoms in total. The maximum absolute atomic E-state index is 12.6. The van der Waals surface area contributed by atoms with Gasteiger partial charge in [0.1, 0.15) is 0 Å². The van der Waals surface area contributed by atoms with Gasteiger partial charge >= 0.3 is 0 Å². The van der Waals surface area contributed by atoms with Crippen LogP contribution in [0.15, 0.2) is 29.2 Å². The topological polar surface area (TPSA) is 66.9 Å². The summed E-state index contributed by atoms with van der Waals surface area (Å²) in [6.45, 7) is 3.41. The summed E-state index contributed by atoms with van der Waals surface area (Å²) >= 11 is 0. The number of hydrogen-bond acceptors (Lipinski definition) is 4. The molecule has 0 N–H and O–H groups in total. The van der Waals surface area contributed by atoms with E-state index in [0.29, 0.717) is 45.0 Å². The highest BCUT2D eigenvalue weighted by atomic mass is 32.2. The van der Waals surface area contributed by atoms with Crippen molar-refractivity contribution in [2.45, 2.75) is 24.2 Å². The molecule has 2 fully saturated rings. The molecule has 0 saturated carbocycles. The molecule has 1 aromatic carbocycles. The second kappa shape index (κ2) is 6.98. The second-order valence-corrected chi connectivity index (χ2v) is 7.83. The molecule has 126 valence electrons. The highest BCUT2D eigenvalue weighted by Gasteiger charge is 2.26. The first-order valence-electron chi connectivity index (χ1n) is 8.06. The van der Waals surface area contributed by atoms with E-state index in [-0.39, 0.29) is 10.8 Å². The van der Waals surface area contributed by atoms with Gasteiger partial charge in [-0.3, -0.25) is 4.79 Å². The molecule has 2 heterocycles. The first-order valence-corrected chi connectivity index (χ1v) is 9.50. The molecule has 0 radical (unpaired) electrons. The molecule has 0 aliphatic carbocycles. The van der Waals surface area contributed by atoms with Crippen LogP contribution in [0.3, 0.4) is 0 Å². The van der Waals surface area contributed by atoms with Crippen molar-refractivity contribution in [3.05, 3.63) is 29.8 Å². The zero-order valence-electron chi connectivity index (χ0n) is 13.1. The lowest BCUT2D eigenvalue weighted by Gasteiger charge is -2.27. The summed E-state index contributed by atoms with van der Waals surface area (Å²) in [5.74, 6) is -0.0739. The summed E-state index contributed by atoms with van der Waals surface area (Å²) < 4.78 is 31.9. The zero-order chi connectivity index (χ0) is 16.3. The lowest BCUT2D eigenvalue weighted by molar-refractivity contribution is 0.0303. The Hall–Kier alpha value is -1.44. The van der Waals surface area contributed by atoms with Crippen molar-refractivity contribution < 1.29 is 17.9 Å². The summed E-state index contributed by atoms with van der Waals surface area (Å²) in [6.07, 6.45) is 2.90. The molecule has 0 atom stereocenters. The number of carbonyl (C=O) groups excluding carboxylic acids is 1. The predicted octanol–water partition coefficient (Wildman–Crippen LogP) is 1.33. The van der Waals surface area contributed by atoms with Crippen molar-refractivity contribution in [1.29, 1.82) is 0 Å². The highest BCUT2D eigenvalue weighted by molar-refractivity contribution is 7.89. The van der Waals surface area contributed by atoms with Gasteiger partial charge in [0.15, 0.2) is 0 Å². The number of piperidine rings is 1. The van der Waals surface area contributed by atoms with Crippen molar-refractivity contribution in [2.75, 3.05) is 39.4 Å². The smallest absolute Gasteiger partial charge is 0.254 e. The van der Waals surface area contributed by atoms with Gasteiger partial charge < -0.3 is 9.64 Å². The Bertz CT molecular complexity index is 645. The van der Waals surface area contributed by atoms with Gasteiger partial charge in [0.25, 0.3) is 5.91 Å². The van der Waals surface area contributed by atoms with E-state index < -0.39 is 10.0 Å². The molecule has 0 aromatic heterocycles. The molecule has 23 heavy (non-hydrogen) atoms. The van der Waals surface area contributed by atoms with Crippen LogP contribution in [0.25, 0.3) is 0 Å². The average Bonchev–Trinajstić information content (AvgIpc) is 2.63. The zero-order valence-corrected chi connectivity index (χ0v) is 13.9. The Balaban J connectivity index is 1.74. The molecule has 7 heteroatoms. The third-order valence-electron chi connectivity index (χ3n) is 4.35. The van der Waals surface area contributed by atoms with E-state index in [2.05, 4.69) is 0 Å². The Morgan fingerprint density at radius 3 is 2.13 bits per heavy atom. The Labute approximate surface area is 137 Å². The van der Waals surface area contributed by atoms with E-state index in [9.17, 15) is 13.2 Å². The molecule has 1 aromatic rings. The van der Waals surface area contributed by atoms with Crippen LogP contribution in [-0.2, 0) is 14.8 Å². The fraction of sp³-hybridized carbons (Fsp3) is 0.562. The van der Waals surface area contributed by atoms with Gasteiger partial charge in [-0.15, -0.1) is 0 Å². The van der Waals surface area contributed by atoms with E-state index >= 15 is 0 Å². The number of amides is 1. The quantitative estimate of drug-likeness (QED) is 0.834. The van der Waals surface area contributed by atoms with E-state index in [0.717, 1.165) is 19.3 Å². The van der Waals surface area contributed by atoms with Gasteiger partial charge in [0, 0.05) is 31.7 Å². The summed E-state index contributed by atoms with van der Waals surface area (Å²) in [5.41, 5.74) is 0.518. The molecule has 1 amide bonds. The van der Waals surface area contributed by atoms with E-state index in [4.69, 9.17) is 4.74 Å². The number of nitrogens with zero attached hydrogens (tertiary/aromatic N) is 2. The molecular weight excluding hydrogens is 316 g/mol. The van der Waals surface area contributed by atoms with Crippen LogP contribution >= 0.6 is 0 Å². The molecule has 3 rings (SSSR count). The van der Waals surface area contributed by atoms with Crippen molar-refractivity contribution in [3.63, 3.8) is 0 Å². The number of ether oxygens (including phenoxy) is 1. The predicted molar refractivity (Wildman–Crippen MR) is 85.8 cm³/mol. The number of sulfonamides is 1. The van der Waals surface area contributed by atoms with Crippen molar-refractivity contribution in [1.82, 2.24) is 9.21 Å². The van der Waals surface area contributed by atoms with Crippen LogP contribution in [0.2, 0.25) is 0 Å². The van der Waals surface area contributed by atoms with Gasteiger partial charge in [-0.25, -0.2) is 8.42 Å². The number of rotatable bonds is 3. The number of benzene rings is 1. The Morgan fingerprint density at radius 1 is 0.913 bits per heavy atom. The van der Waals surface area contributed by atoms with Gasteiger partial charge in [0.05, 0.1) is 18.1 Å². The van der Waals surface area contributed by atoms with Crippen LogP contribution in [0.4, 0.5) is 0 Å². The minimum atomic E-state index is -3.44. The monoisotopic (exact) mass is 338 g/mol. The van der Waals surface area contributed by atoms with Gasteiger partial charge in [-0.1, -0.05) is 6.42 Å². The van der Waals surface area contributed by atoms with Crippen LogP contribution < -0.4 is 0 Å². The lowest BCUT2D eigenvalue weighted by atomic mass is 10.2. The fourth-order valence-corrected chi connectivity index (χ4v) is 4.49. The summed E-state index contributed by atoms with van der Waals surface area (Å²) in [5, 5.41) is 0. The number of morpholine rings is 1. The normalized spacial score (nSPS) is 20.4. The number of carbonyl (C=O) groups is 1. The van der Waals surface area contributed by atoms with E-state index in [1.54, 1.807) is 17.0 Å². The van der Waals surface area contributed by atoms with Crippen molar-refractivity contribution in [2.24, 2.45) is 0 Å². The van der Waals surface area contributed by atoms with Gasteiger partial charge in [-0.05, 0) is 37.1 Å². The summed E-state index contributed by atoms with van der Waals surface area (Å²) in [7, 11) is -3.44. The minimum Gasteiger partial charge on any atom is -0.378 e. The SMILES string of the molecule is O=C(c1ccc(S(=O)(=O)N2CCCCC2)cc1)N1CCOCC1. The first-order chi connectivity index (χ1) is 11.1. The molecule has 0 bridgehead atoms. The van der Waals surface area contributed by atoms with Crippen molar-refractivity contribution >= 4 is 15.9 Å². The van der Waals surface area contributed by atoms with E-state index in [1.165, 1.54) is 16.4 Å². The summed E-state index contributed by atoms with van der Waals surface area (Å²) in [6, 6.07) is 6.29. The van der Waals surface area contributed by atoms with Crippen LogP contribution in [-0.4, -0.2) is 62.9 Å². The third-order valence-corrected chi connectivity index (χ3v) is 6.27. The average molecular weight is 338 g/mol.